The molecule has 0 radical (unpaired) electrons. The summed E-state index contributed by atoms with van der Waals surface area (Å²) in [7, 11) is 1.60. The fraction of sp³-hybridized carbons (Fsp3) is 0.529. The van der Waals surface area contributed by atoms with Crippen LogP contribution in [0.3, 0.4) is 0 Å². The third-order valence-electron chi connectivity index (χ3n) is 4.38. The lowest BCUT2D eigenvalue weighted by atomic mass is 9.95. The molecule has 3 rings (SSSR count). The monoisotopic (exact) mass is 335 g/mol. The van der Waals surface area contributed by atoms with Crippen molar-refractivity contribution in [3.05, 3.63) is 23.8 Å². The smallest absolute Gasteiger partial charge is 0.306 e. The van der Waals surface area contributed by atoms with Gasteiger partial charge in [-0.15, -0.1) is 0 Å². The van der Waals surface area contributed by atoms with E-state index in [0.29, 0.717) is 32.7 Å². The van der Waals surface area contributed by atoms with E-state index < -0.39 is 12.1 Å². The van der Waals surface area contributed by atoms with Gasteiger partial charge in [0.1, 0.15) is 18.1 Å². The maximum Gasteiger partial charge on any atom is 0.306 e. The first-order valence-corrected chi connectivity index (χ1v) is 7.98. The highest BCUT2D eigenvalue weighted by Crippen LogP contribution is 2.31. The summed E-state index contributed by atoms with van der Waals surface area (Å²) in [5, 5.41) is 8.88. The highest BCUT2D eigenvalue weighted by molar-refractivity contribution is 5.80. The molecule has 1 saturated heterocycles. The van der Waals surface area contributed by atoms with Gasteiger partial charge in [-0.25, -0.2) is 0 Å². The molecule has 1 aromatic carbocycles. The van der Waals surface area contributed by atoms with E-state index in [-0.39, 0.29) is 18.2 Å². The minimum atomic E-state index is -0.918. The summed E-state index contributed by atoms with van der Waals surface area (Å²) in [6, 6.07) is 5.60. The van der Waals surface area contributed by atoms with Gasteiger partial charge in [-0.05, 0) is 18.1 Å². The van der Waals surface area contributed by atoms with Crippen LogP contribution in [0, 0.1) is 5.92 Å². The van der Waals surface area contributed by atoms with Crippen LogP contribution in [0.25, 0.3) is 0 Å². The predicted molar refractivity (Wildman–Crippen MR) is 84.3 cm³/mol. The molecule has 1 fully saturated rings. The number of carboxylic acids is 1. The van der Waals surface area contributed by atoms with Crippen LogP contribution in [0.2, 0.25) is 0 Å². The van der Waals surface area contributed by atoms with Crippen molar-refractivity contribution >= 4 is 11.9 Å². The Balaban J connectivity index is 1.64. The highest BCUT2D eigenvalue weighted by Gasteiger charge is 2.33. The molecule has 7 nitrogen and oxygen atoms in total. The fourth-order valence-corrected chi connectivity index (χ4v) is 3.13. The lowest BCUT2D eigenvalue weighted by Gasteiger charge is -2.35. The molecule has 0 saturated carbocycles. The van der Waals surface area contributed by atoms with Crippen LogP contribution in [-0.2, 0) is 20.7 Å². The Morgan fingerprint density at radius 3 is 3.00 bits per heavy atom. The number of morpholine rings is 1. The van der Waals surface area contributed by atoms with Crippen molar-refractivity contribution in [1.29, 1.82) is 0 Å². The molecule has 0 unspecified atom stereocenters. The topological polar surface area (TPSA) is 85.3 Å². The Hall–Kier alpha value is -2.28. The lowest BCUT2D eigenvalue weighted by molar-refractivity contribution is -0.150. The number of ether oxygens (including phenoxy) is 3. The van der Waals surface area contributed by atoms with Crippen LogP contribution in [0.15, 0.2) is 18.2 Å². The van der Waals surface area contributed by atoms with Crippen molar-refractivity contribution in [3.63, 3.8) is 0 Å². The van der Waals surface area contributed by atoms with Crippen molar-refractivity contribution in [2.75, 3.05) is 33.4 Å². The van der Waals surface area contributed by atoms with Gasteiger partial charge in [0.15, 0.2) is 0 Å². The van der Waals surface area contributed by atoms with E-state index >= 15 is 0 Å². The van der Waals surface area contributed by atoms with Crippen LogP contribution in [0.4, 0.5) is 0 Å². The van der Waals surface area contributed by atoms with E-state index in [9.17, 15) is 9.59 Å². The van der Waals surface area contributed by atoms with Crippen LogP contribution >= 0.6 is 0 Å². The fourth-order valence-electron chi connectivity index (χ4n) is 3.13. The summed E-state index contributed by atoms with van der Waals surface area (Å²) >= 11 is 0. The molecular formula is C17H21NO6. The predicted octanol–water partition coefficient (Wildman–Crippen LogP) is 0.948. The first-order chi connectivity index (χ1) is 11.6. The Labute approximate surface area is 140 Å². The average Bonchev–Trinajstić information content (AvgIpc) is 2.59. The van der Waals surface area contributed by atoms with Gasteiger partial charge in [0.2, 0.25) is 5.91 Å². The molecule has 0 aromatic heterocycles. The Kier molecular flexibility index (Phi) is 4.89. The number of carboxylic acid groups (broad SMARTS) is 1. The van der Waals surface area contributed by atoms with Gasteiger partial charge in [0.05, 0.1) is 32.2 Å². The molecular weight excluding hydrogens is 314 g/mol. The maximum atomic E-state index is 12.7. The number of hydrogen-bond donors (Lipinski definition) is 1. The van der Waals surface area contributed by atoms with Crippen LogP contribution in [0.5, 0.6) is 11.5 Å². The van der Waals surface area contributed by atoms with E-state index in [0.717, 1.165) is 17.1 Å². The molecule has 2 aliphatic rings. The summed E-state index contributed by atoms with van der Waals surface area (Å²) in [6.45, 7) is 1.49. The van der Waals surface area contributed by atoms with Crippen molar-refractivity contribution in [1.82, 2.24) is 4.90 Å². The molecule has 2 aliphatic heterocycles. The maximum absolute atomic E-state index is 12.7. The zero-order valence-electron chi connectivity index (χ0n) is 13.6. The summed E-state index contributed by atoms with van der Waals surface area (Å²) in [5.41, 5.74) is 0.982. The highest BCUT2D eigenvalue weighted by atomic mass is 16.5. The summed E-state index contributed by atoms with van der Waals surface area (Å²) < 4.78 is 16.3. The molecule has 1 amide bonds. The zero-order chi connectivity index (χ0) is 17.1. The number of fused-ring (bicyclic) bond motifs is 1. The normalized spacial score (nSPS) is 23.1. The number of carbonyl (C=O) groups excluding carboxylic acids is 1. The van der Waals surface area contributed by atoms with Gasteiger partial charge >= 0.3 is 5.97 Å². The molecule has 0 spiro atoms. The molecule has 0 bridgehead atoms. The summed E-state index contributed by atoms with van der Waals surface area (Å²) in [4.78, 5) is 25.3. The van der Waals surface area contributed by atoms with Crippen molar-refractivity contribution in [2.24, 2.45) is 5.92 Å². The quantitative estimate of drug-likeness (QED) is 0.882. The molecule has 2 atom stereocenters. The van der Waals surface area contributed by atoms with Gasteiger partial charge in [-0.2, -0.15) is 0 Å². The average molecular weight is 335 g/mol. The number of amides is 1. The molecule has 1 aromatic rings. The molecule has 24 heavy (non-hydrogen) atoms. The van der Waals surface area contributed by atoms with Gasteiger partial charge in [0.25, 0.3) is 0 Å². The minimum absolute atomic E-state index is 0.00448. The molecule has 0 aliphatic carbocycles. The van der Waals surface area contributed by atoms with E-state index in [4.69, 9.17) is 19.3 Å². The van der Waals surface area contributed by atoms with Crippen LogP contribution < -0.4 is 9.47 Å². The third-order valence-corrected chi connectivity index (χ3v) is 4.38. The van der Waals surface area contributed by atoms with Gasteiger partial charge in [0, 0.05) is 19.2 Å². The third kappa shape index (κ3) is 3.62. The second-order valence-electron chi connectivity index (χ2n) is 6.06. The van der Waals surface area contributed by atoms with Gasteiger partial charge in [-0.3, -0.25) is 9.59 Å². The van der Waals surface area contributed by atoms with Crippen molar-refractivity contribution in [2.45, 2.75) is 18.9 Å². The van der Waals surface area contributed by atoms with E-state index in [1.807, 2.05) is 18.2 Å². The lowest BCUT2D eigenvalue weighted by Crippen LogP contribution is -2.50. The first-order valence-electron chi connectivity index (χ1n) is 7.98. The molecule has 1 N–H and O–H groups in total. The summed E-state index contributed by atoms with van der Waals surface area (Å²) in [5.74, 6) is 0.301. The van der Waals surface area contributed by atoms with Gasteiger partial charge < -0.3 is 24.2 Å². The second kappa shape index (κ2) is 7.09. The number of rotatable bonds is 4. The number of hydrogen-bond acceptors (Lipinski definition) is 5. The van der Waals surface area contributed by atoms with Crippen molar-refractivity contribution in [3.8, 4) is 11.5 Å². The number of carbonyl (C=O) groups is 2. The number of methoxy groups -OCH3 is 1. The summed E-state index contributed by atoms with van der Waals surface area (Å²) in [6.07, 6.45) is 0.0772. The Bertz CT molecular complexity index is 632. The SMILES string of the molecule is COc1ccc2c(c1)OC[C@@H](C(=O)N1CCO[C@H](CC(=O)O)C1)C2. The minimum Gasteiger partial charge on any atom is -0.497 e. The zero-order valence-corrected chi connectivity index (χ0v) is 13.6. The largest absolute Gasteiger partial charge is 0.497 e. The van der Waals surface area contributed by atoms with E-state index in [1.54, 1.807) is 12.0 Å². The first kappa shape index (κ1) is 16.6. The van der Waals surface area contributed by atoms with Gasteiger partial charge in [-0.1, -0.05) is 6.07 Å². The van der Waals surface area contributed by atoms with Crippen LogP contribution in [-0.4, -0.2) is 61.4 Å². The Morgan fingerprint density at radius 2 is 2.25 bits per heavy atom. The second-order valence-corrected chi connectivity index (χ2v) is 6.06. The Morgan fingerprint density at radius 1 is 1.42 bits per heavy atom. The molecule has 130 valence electrons. The molecule has 7 heteroatoms. The van der Waals surface area contributed by atoms with E-state index in [1.165, 1.54) is 0 Å². The van der Waals surface area contributed by atoms with Crippen LogP contribution in [0.1, 0.15) is 12.0 Å². The number of aliphatic carboxylic acids is 1. The molecule has 2 heterocycles. The standard InChI is InChI=1S/C17H21NO6/c1-22-13-3-2-11-6-12(10-24-15(11)7-13)17(21)18-4-5-23-14(9-18)8-16(19)20/h2-3,7,12,14H,4-6,8-10H2,1H3,(H,19,20)/t12-,14+/m0/s1. The number of nitrogens with zero attached hydrogens (tertiary/aromatic N) is 1. The van der Waals surface area contributed by atoms with E-state index in [2.05, 4.69) is 0 Å². The van der Waals surface area contributed by atoms with Crippen molar-refractivity contribution < 1.29 is 28.9 Å². The number of benzene rings is 1.